The number of nitrogens with one attached hydrogen (secondary N) is 1. The van der Waals surface area contributed by atoms with Crippen molar-refractivity contribution in [1.29, 1.82) is 0 Å². The van der Waals surface area contributed by atoms with Crippen molar-refractivity contribution in [2.75, 3.05) is 14.2 Å². The maximum atomic E-state index is 11.3. The van der Waals surface area contributed by atoms with Gasteiger partial charge >= 0.3 is 6.03 Å². The van der Waals surface area contributed by atoms with Crippen molar-refractivity contribution in [1.82, 2.24) is 10.2 Å². The summed E-state index contributed by atoms with van der Waals surface area (Å²) in [4.78, 5) is 13.3. The smallest absolute Gasteiger partial charge is 0.316 e. The van der Waals surface area contributed by atoms with Gasteiger partial charge in [-0.05, 0) is 44.3 Å². The first-order valence-corrected chi connectivity index (χ1v) is 8.44. The van der Waals surface area contributed by atoms with Crippen molar-refractivity contribution in [3.8, 4) is 0 Å². The number of primary amides is 1. The van der Waals surface area contributed by atoms with Crippen LogP contribution in [-0.2, 0) is 4.74 Å². The van der Waals surface area contributed by atoms with E-state index < -0.39 is 6.03 Å². The minimum absolute atomic E-state index is 0. The summed E-state index contributed by atoms with van der Waals surface area (Å²) >= 11 is 0. The van der Waals surface area contributed by atoms with Gasteiger partial charge in [-0.2, -0.15) is 0 Å². The number of urea groups is 1. The molecule has 6 nitrogen and oxygen atoms in total. The number of likely N-dealkylation sites (N-methyl/N-ethyl adjacent to an activating group) is 1. The van der Waals surface area contributed by atoms with Crippen molar-refractivity contribution >= 4 is 6.03 Å². The number of amides is 2. The van der Waals surface area contributed by atoms with Crippen LogP contribution in [0.5, 0.6) is 0 Å². The van der Waals surface area contributed by atoms with Gasteiger partial charge in [-0.15, -0.1) is 0 Å². The molecule has 1 aliphatic heterocycles. The Balaban J connectivity index is 0. The highest BCUT2D eigenvalue weighted by molar-refractivity contribution is 5.75. The van der Waals surface area contributed by atoms with Crippen LogP contribution in [0.2, 0.25) is 0 Å². The molecule has 0 aromatic heterocycles. The van der Waals surface area contributed by atoms with E-state index in [2.05, 4.69) is 52.9 Å². The van der Waals surface area contributed by atoms with Crippen molar-refractivity contribution in [2.24, 2.45) is 17.6 Å². The number of nitrogens with zero attached hydrogens (tertiary/aromatic N) is 1. The van der Waals surface area contributed by atoms with Gasteiger partial charge in [0.05, 0.1) is 5.70 Å². The highest BCUT2D eigenvalue weighted by Gasteiger charge is 2.29. The lowest BCUT2D eigenvalue weighted by molar-refractivity contribution is 0.0287. The molecular formula is C19H37N3O3. The van der Waals surface area contributed by atoms with E-state index in [9.17, 15) is 4.79 Å². The normalized spacial score (nSPS) is 16.7. The molecule has 25 heavy (non-hydrogen) atoms. The zero-order chi connectivity index (χ0) is 19.0. The molecule has 146 valence electrons. The van der Waals surface area contributed by atoms with Gasteiger partial charge in [-0.1, -0.05) is 39.3 Å². The van der Waals surface area contributed by atoms with Crippen LogP contribution in [0.1, 0.15) is 48.5 Å². The topological polar surface area (TPSA) is 99.1 Å². The minimum atomic E-state index is -0.538. The highest BCUT2D eigenvalue weighted by atomic mass is 16.5. The van der Waals surface area contributed by atoms with Crippen molar-refractivity contribution < 1.29 is 15.0 Å². The van der Waals surface area contributed by atoms with Gasteiger partial charge in [0.25, 0.3) is 0 Å². The third kappa shape index (κ3) is 7.75. The fourth-order valence-corrected chi connectivity index (χ4v) is 2.47. The second-order valence-electron chi connectivity index (χ2n) is 6.78. The largest absolute Gasteiger partial charge is 0.412 e. The number of hydrogen-bond acceptors (Lipinski definition) is 3. The fourth-order valence-electron chi connectivity index (χ4n) is 2.47. The quantitative estimate of drug-likeness (QED) is 0.758. The van der Waals surface area contributed by atoms with E-state index in [0.717, 1.165) is 17.0 Å². The first-order chi connectivity index (χ1) is 11.1. The van der Waals surface area contributed by atoms with Gasteiger partial charge in [-0.25, -0.2) is 4.79 Å². The maximum Gasteiger partial charge on any atom is 0.316 e. The molecule has 0 bridgehead atoms. The van der Waals surface area contributed by atoms with Crippen LogP contribution in [0.15, 0.2) is 34.7 Å². The predicted octanol–water partition coefficient (Wildman–Crippen LogP) is 3.17. The summed E-state index contributed by atoms with van der Waals surface area (Å²) < 4.78 is 5.49. The predicted molar refractivity (Wildman–Crippen MR) is 105 cm³/mol. The number of nitrogens with two attached hydrogens (primary N) is 1. The molecule has 0 aromatic rings. The SMILES string of the molecule is CC=C(C)C.COC1C=C(C(C)C)C(NC(N)=O)=C(C(C)C)N1C.O. The van der Waals surface area contributed by atoms with Crippen LogP contribution >= 0.6 is 0 Å². The van der Waals surface area contributed by atoms with Crippen molar-refractivity contribution in [3.05, 3.63) is 34.7 Å². The summed E-state index contributed by atoms with van der Waals surface area (Å²) in [5.74, 6) is 0.536. The Labute approximate surface area is 153 Å². The lowest BCUT2D eigenvalue weighted by Crippen LogP contribution is -2.42. The first kappa shape index (κ1) is 25.5. The first-order valence-electron chi connectivity index (χ1n) is 8.44. The number of hydrogen-bond donors (Lipinski definition) is 2. The molecule has 0 fully saturated rings. The van der Waals surface area contributed by atoms with Crippen LogP contribution in [-0.4, -0.2) is 36.8 Å². The second kappa shape index (κ2) is 11.7. The average molecular weight is 356 g/mol. The Kier molecular flexibility index (Phi) is 11.9. The number of ether oxygens (including phenoxy) is 1. The molecule has 0 saturated heterocycles. The van der Waals surface area contributed by atoms with E-state index in [1.54, 1.807) is 7.11 Å². The lowest BCUT2D eigenvalue weighted by atomic mass is 9.91. The van der Waals surface area contributed by atoms with Gasteiger partial charge in [0.15, 0.2) is 0 Å². The molecule has 0 spiro atoms. The molecule has 1 unspecified atom stereocenters. The number of methoxy groups -OCH3 is 1. The van der Waals surface area contributed by atoms with Gasteiger partial charge in [0.2, 0.25) is 0 Å². The van der Waals surface area contributed by atoms with Gasteiger partial charge < -0.3 is 26.2 Å². The van der Waals surface area contributed by atoms with Gasteiger partial charge in [-0.3, -0.25) is 0 Å². The molecule has 0 saturated carbocycles. The Morgan fingerprint density at radius 2 is 1.76 bits per heavy atom. The number of carbonyl (C=O) groups is 1. The van der Waals surface area contributed by atoms with Crippen LogP contribution in [0.25, 0.3) is 0 Å². The van der Waals surface area contributed by atoms with Gasteiger partial charge in [0, 0.05) is 19.9 Å². The van der Waals surface area contributed by atoms with E-state index in [-0.39, 0.29) is 23.5 Å². The summed E-state index contributed by atoms with van der Waals surface area (Å²) in [6, 6.07) is -0.538. The summed E-state index contributed by atoms with van der Waals surface area (Å²) in [7, 11) is 3.64. The van der Waals surface area contributed by atoms with Crippen LogP contribution < -0.4 is 11.1 Å². The zero-order valence-electron chi connectivity index (χ0n) is 17.2. The molecule has 1 heterocycles. The molecule has 2 amide bonds. The third-order valence-electron chi connectivity index (χ3n) is 3.86. The molecule has 0 radical (unpaired) electrons. The van der Waals surface area contributed by atoms with Gasteiger partial charge in [0.1, 0.15) is 6.23 Å². The maximum absolute atomic E-state index is 11.3. The summed E-state index contributed by atoms with van der Waals surface area (Å²) in [6.45, 7) is 14.6. The van der Waals surface area contributed by atoms with E-state index in [1.807, 2.05) is 24.9 Å². The van der Waals surface area contributed by atoms with Crippen molar-refractivity contribution in [3.63, 3.8) is 0 Å². The number of carbonyl (C=O) groups excluding carboxylic acids is 1. The Hall–Kier alpha value is -1.79. The van der Waals surface area contributed by atoms with Crippen LogP contribution in [0.3, 0.4) is 0 Å². The summed E-state index contributed by atoms with van der Waals surface area (Å²) in [5, 5.41) is 2.77. The zero-order valence-corrected chi connectivity index (χ0v) is 17.2. The molecule has 6 heteroatoms. The van der Waals surface area contributed by atoms with E-state index in [4.69, 9.17) is 10.5 Å². The second-order valence-corrected chi connectivity index (χ2v) is 6.78. The molecular weight excluding hydrogens is 318 g/mol. The van der Waals surface area contributed by atoms with E-state index in [1.165, 1.54) is 5.57 Å². The molecule has 5 N–H and O–H groups in total. The monoisotopic (exact) mass is 355 g/mol. The molecule has 1 aliphatic rings. The fraction of sp³-hybridized carbons (Fsp3) is 0.632. The highest BCUT2D eigenvalue weighted by Crippen LogP contribution is 2.32. The molecule has 1 atom stereocenters. The Morgan fingerprint density at radius 3 is 2.04 bits per heavy atom. The minimum Gasteiger partial charge on any atom is -0.412 e. The summed E-state index contributed by atoms with van der Waals surface area (Å²) in [6.07, 6.45) is 4.00. The average Bonchev–Trinajstić information content (AvgIpc) is 2.46. The lowest BCUT2D eigenvalue weighted by Gasteiger charge is -2.38. The van der Waals surface area contributed by atoms with Crippen LogP contribution in [0, 0.1) is 11.8 Å². The third-order valence-corrected chi connectivity index (χ3v) is 3.86. The Morgan fingerprint density at radius 1 is 1.28 bits per heavy atom. The van der Waals surface area contributed by atoms with Crippen LogP contribution in [0.4, 0.5) is 4.79 Å². The number of allylic oxidation sites excluding steroid dienone is 4. The number of rotatable bonds is 4. The summed E-state index contributed by atoms with van der Waals surface area (Å²) in [5.41, 5.74) is 9.59. The Bertz CT molecular complexity index is 516. The molecule has 1 rings (SSSR count). The molecule has 0 aliphatic carbocycles. The van der Waals surface area contributed by atoms with Crippen molar-refractivity contribution in [2.45, 2.75) is 54.7 Å². The van der Waals surface area contributed by atoms with E-state index >= 15 is 0 Å². The van der Waals surface area contributed by atoms with E-state index in [0.29, 0.717) is 0 Å². The standard InChI is InChI=1S/C14H25N3O2.C5H10.H2O/c1-8(2)10-7-11(19-6)17(5)13(9(3)4)12(10)16-14(15)18;1-4-5(2)3;/h7-9,11H,1-6H3,(H3,15,16,18);4H,1-3H3;1H2. The molecule has 0 aromatic carbocycles.